The van der Waals surface area contributed by atoms with E-state index in [1.54, 1.807) is 0 Å². The van der Waals surface area contributed by atoms with E-state index in [1.165, 1.54) is 6.42 Å². The number of hydrogen-bond acceptors (Lipinski definition) is 3. The standard InChI is InChI=1S/C19H27N3O2/c1-15-6-5-10-22(13-15)19(24)14-21-11-9-20-18(23)12-17(21)16-7-3-2-4-8-16/h2-4,7-8,15,17H,5-6,9-14H2,1H3,(H,20,23). The van der Waals surface area contributed by atoms with E-state index in [-0.39, 0.29) is 17.9 Å². The molecule has 0 aliphatic carbocycles. The SMILES string of the molecule is CC1CCCN(C(=O)CN2CCNC(=O)CC2c2ccccc2)C1. The molecule has 2 saturated heterocycles. The van der Waals surface area contributed by atoms with Crippen molar-refractivity contribution in [2.75, 3.05) is 32.7 Å². The second-order valence-electron chi connectivity index (χ2n) is 7.04. The van der Waals surface area contributed by atoms with E-state index in [2.05, 4.69) is 17.1 Å². The average Bonchev–Trinajstić information content (AvgIpc) is 2.77. The number of carbonyl (C=O) groups is 2. The number of carbonyl (C=O) groups excluding carboxylic acids is 2. The third-order valence-corrected chi connectivity index (χ3v) is 5.07. The van der Waals surface area contributed by atoms with Gasteiger partial charge in [0.15, 0.2) is 0 Å². The minimum Gasteiger partial charge on any atom is -0.355 e. The number of piperidine rings is 1. The Hall–Kier alpha value is -1.88. The Morgan fingerprint density at radius 2 is 2.04 bits per heavy atom. The number of amides is 2. The minimum absolute atomic E-state index is 0.0279. The van der Waals surface area contributed by atoms with Crippen LogP contribution in [0.4, 0.5) is 0 Å². The van der Waals surface area contributed by atoms with Crippen LogP contribution in [0.25, 0.3) is 0 Å². The van der Waals surface area contributed by atoms with Gasteiger partial charge in [-0.2, -0.15) is 0 Å². The van der Waals surface area contributed by atoms with Crippen molar-refractivity contribution in [2.45, 2.75) is 32.2 Å². The fourth-order valence-electron chi connectivity index (χ4n) is 3.75. The summed E-state index contributed by atoms with van der Waals surface area (Å²) in [6.07, 6.45) is 2.71. The summed E-state index contributed by atoms with van der Waals surface area (Å²) < 4.78 is 0. The quantitative estimate of drug-likeness (QED) is 0.920. The van der Waals surface area contributed by atoms with Crippen molar-refractivity contribution in [3.8, 4) is 0 Å². The molecule has 1 aromatic rings. The smallest absolute Gasteiger partial charge is 0.236 e. The molecule has 5 nitrogen and oxygen atoms in total. The summed E-state index contributed by atoms with van der Waals surface area (Å²) in [5, 5.41) is 2.93. The molecule has 0 spiro atoms. The van der Waals surface area contributed by atoms with Gasteiger partial charge in [0, 0.05) is 38.6 Å². The summed E-state index contributed by atoms with van der Waals surface area (Å²) in [7, 11) is 0. The first-order valence-corrected chi connectivity index (χ1v) is 8.97. The Morgan fingerprint density at radius 3 is 2.79 bits per heavy atom. The predicted molar refractivity (Wildman–Crippen MR) is 93.4 cm³/mol. The zero-order chi connectivity index (χ0) is 16.9. The normalized spacial score (nSPS) is 25.9. The van der Waals surface area contributed by atoms with Gasteiger partial charge in [-0.15, -0.1) is 0 Å². The second-order valence-corrected chi connectivity index (χ2v) is 7.04. The topological polar surface area (TPSA) is 52.7 Å². The van der Waals surface area contributed by atoms with Gasteiger partial charge < -0.3 is 10.2 Å². The van der Waals surface area contributed by atoms with Crippen LogP contribution in [0.1, 0.15) is 37.8 Å². The molecule has 2 fully saturated rings. The maximum atomic E-state index is 12.8. The lowest BCUT2D eigenvalue weighted by molar-refractivity contribution is -0.135. The van der Waals surface area contributed by atoms with Crippen LogP contribution in [-0.4, -0.2) is 54.3 Å². The predicted octanol–water partition coefficient (Wildman–Crippen LogP) is 1.81. The van der Waals surface area contributed by atoms with Gasteiger partial charge in [0.05, 0.1) is 6.54 Å². The van der Waals surface area contributed by atoms with Crippen molar-refractivity contribution in [1.29, 1.82) is 0 Å². The zero-order valence-electron chi connectivity index (χ0n) is 14.4. The van der Waals surface area contributed by atoms with Crippen molar-refractivity contribution in [3.05, 3.63) is 35.9 Å². The molecule has 2 atom stereocenters. The van der Waals surface area contributed by atoms with Gasteiger partial charge in [-0.1, -0.05) is 37.3 Å². The highest BCUT2D eigenvalue weighted by Crippen LogP contribution is 2.26. The van der Waals surface area contributed by atoms with Crippen molar-refractivity contribution in [3.63, 3.8) is 0 Å². The largest absolute Gasteiger partial charge is 0.355 e. The van der Waals surface area contributed by atoms with Crippen molar-refractivity contribution < 1.29 is 9.59 Å². The molecule has 130 valence electrons. The number of nitrogens with zero attached hydrogens (tertiary/aromatic N) is 2. The minimum atomic E-state index is -0.0279. The van der Waals surface area contributed by atoms with E-state index in [0.29, 0.717) is 32.0 Å². The van der Waals surface area contributed by atoms with E-state index >= 15 is 0 Å². The monoisotopic (exact) mass is 329 g/mol. The van der Waals surface area contributed by atoms with E-state index < -0.39 is 0 Å². The summed E-state index contributed by atoms with van der Waals surface area (Å²) >= 11 is 0. The van der Waals surface area contributed by atoms with E-state index in [4.69, 9.17) is 0 Å². The Kier molecular flexibility index (Phi) is 5.51. The van der Waals surface area contributed by atoms with Crippen molar-refractivity contribution in [2.24, 2.45) is 5.92 Å². The molecular formula is C19H27N3O2. The molecule has 0 radical (unpaired) electrons. The highest BCUT2D eigenvalue weighted by molar-refractivity contribution is 5.79. The van der Waals surface area contributed by atoms with Crippen molar-refractivity contribution >= 4 is 11.8 Å². The van der Waals surface area contributed by atoms with Gasteiger partial charge >= 0.3 is 0 Å². The first-order valence-electron chi connectivity index (χ1n) is 8.97. The van der Waals surface area contributed by atoms with Gasteiger partial charge in [-0.3, -0.25) is 14.5 Å². The summed E-state index contributed by atoms with van der Waals surface area (Å²) in [4.78, 5) is 28.9. The molecular weight excluding hydrogens is 302 g/mol. The molecule has 2 amide bonds. The molecule has 2 unspecified atom stereocenters. The molecule has 1 N–H and O–H groups in total. The van der Waals surface area contributed by atoms with E-state index in [9.17, 15) is 9.59 Å². The van der Waals surface area contributed by atoms with E-state index in [0.717, 1.165) is 25.1 Å². The lowest BCUT2D eigenvalue weighted by atomic mass is 9.99. The molecule has 0 bridgehead atoms. The van der Waals surface area contributed by atoms with Crippen LogP contribution in [0.3, 0.4) is 0 Å². The Balaban J connectivity index is 1.73. The first kappa shape index (κ1) is 17.0. The van der Waals surface area contributed by atoms with Gasteiger partial charge in [-0.05, 0) is 24.3 Å². The molecule has 1 aromatic carbocycles. The van der Waals surface area contributed by atoms with Gasteiger partial charge in [-0.25, -0.2) is 0 Å². The molecule has 2 heterocycles. The Morgan fingerprint density at radius 1 is 1.25 bits per heavy atom. The van der Waals surface area contributed by atoms with E-state index in [1.807, 2.05) is 35.2 Å². The molecule has 24 heavy (non-hydrogen) atoms. The lowest BCUT2D eigenvalue weighted by Gasteiger charge is -2.34. The fourth-order valence-corrected chi connectivity index (χ4v) is 3.75. The molecule has 0 aromatic heterocycles. The van der Waals surface area contributed by atoms with Crippen LogP contribution >= 0.6 is 0 Å². The van der Waals surface area contributed by atoms with Gasteiger partial charge in [0.2, 0.25) is 11.8 Å². The lowest BCUT2D eigenvalue weighted by Crippen LogP contribution is -2.46. The third kappa shape index (κ3) is 4.15. The summed E-state index contributed by atoms with van der Waals surface area (Å²) in [6, 6.07) is 10.0. The highest BCUT2D eigenvalue weighted by atomic mass is 16.2. The number of nitrogens with one attached hydrogen (secondary N) is 1. The van der Waals surface area contributed by atoms with Crippen LogP contribution in [0.2, 0.25) is 0 Å². The maximum Gasteiger partial charge on any atom is 0.236 e. The molecule has 0 saturated carbocycles. The number of hydrogen-bond donors (Lipinski definition) is 1. The first-order chi connectivity index (χ1) is 11.6. The number of likely N-dealkylation sites (tertiary alicyclic amines) is 1. The molecule has 5 heteroatoms. The third-order valence-electron chi connectivity index (χ3n) is 5.07. The maximum absolute atomic E-state index is 12.8. The van der Waals surface area contributed by atoms with Gasteiger partial charge in [0.1, 0.15) is 0 Å². The summed E-state index contributed by atoms with van der Waals surface area (Å²) in [5.41, 5.74) is 1.11. The second kappa shape index (κ2) is 7.79. The van der Waals surface area contributed by atoms with Crippen LogP contribution in [0.15, 0.2) is 30.3 Å². The number of rotatable bonds is 3. The van der Waals surface area contributed by atoms with Crippen LogP contribution in [0.5, 0.6) is 0 Å². The zero-order valence-corrected chi connectivity index (χ0v) is 14.4. The Labute approximate surface area is 144 Å². The Bertz CT molecular complexity index is 575. The fraction of sp³-hybridized carbons (Fsp3) is 0.579. The van der Waals surface area contributed by atoms with Crippen LogP contribution < -0.4 is 5.32 Å². The molecule has 2 aliphatic rings. The number of benzene rings is 1. The highest BCUT2D eigenvalue weighted by Gasteiger charge is 2.29. The molecule has 3 rings (SSSR count). The average molecular weight is 329 g/mol. The summed E-state index contributed by atoms with van der Waals surface area (Å²) in [6.45, 7) is 5.64. The van der Waals surface area contributed by atoms with Crippen molar-refractivity contribution in [1.82, 2.24) is 15.1 Å². The van der Waals surface area contributed by atoms with Crippen LogP contribution in [-0.2, 0) is 9.59 Å². The van der Waals surface area contributed by atoms with Gasteiger partial charge in [0.25, 0.3) is 0 Å². The molecule has 2 aliphatic heterocycles. The van der Waals surface area contributed by atoms with Crippen LogP contribution in [0, 0.1) is 5.92 Å². The summed E-state index contributed by atoms with van der Waals surface area (Å²) in [5.74, 6) is 0.835.